The van der Waals surface area contributed by atoms with E-state index in [1.54, 1.807) is 25.4 Å². The van der Waals surface area contributed by atoms with Gasteiger partial charge in [0.25, 0.3) is 5.56 Å². The number of para-hydroxylation sites is 1. The summed E-state index contributed by atoms with van der Waals surface area (Å²) in [5, 5.41) is 3.78. The number of rotatable bonds is 7. The number of aryl methyl sites for hydroxylation is 1. The Bertz CT molecular complexity index is 1050. The van der Waals surface area contributed by atoms with Gasteiger partial charge in [-0.2, -0.15) is 4.98 Å². The van der Waals surface area contributed by atoms with Crippen LogP contribution < -0.4 is 15.6 Å². The summed E-state index contributed by atoms with van der Waals surface area (Å²) in [4.78, 5) is 23.4. The van der Waals surface area contributed by atoms with Gasteiger partial charge in [0, 0.05) is 25.2 Å². The first kappa shape index (κ1) is 21.7. The molecule has 0 spiro atoms. The number of pyridine rings is 1. The van der Waals surface area contributed by atoms with Gasteiger partial charge in [-0.05, 0) is 45.3 Å². The first-order chi connectivity index (χ1) is 14.5. The van der Waals surface area contributed by atoms with Gasteiger partial charge in [0.05, 0.1) is 0 Å². The quantitative estimate of drug-likeness (QED) is 0.594. The second-order valence-corrected chi connectivity index (χ2v) is 7.52. The van der Waals surface area contributed by atoms with Crippen LogP contribution in [0.3, 0.4) is 0 Å². The highest BCUT2D eigenvalue weighted by Crippen LogP contribution is 2.24. The van der Waals surface area contributed by atoms with Gasteiger partial charge < -0.3 is 15.0 Å². The second kappa shape index (κ2) is 10.2. The van der Waals surface area contributed by atoms with Crippen LogP contribution in [0.15, 0.2) is 41.3 Å². The van der Waals surface area contributed by atoms with Crippen molar-refractivity contribution in [2.24, 2.45) is 7.05 Å². The van der Waals surface area contributed by atoms with E-state index in [4.69, 9.17) is 4.74 Å². The van der Waals surface area contributed by atoms with E-state index in [2.05, 4.69) is 20.2 Å². The standard InChI is InChI=1S/C19H22FN5O2.C3H6/c1-24(2)10-6-9-21-19-22-12-13-11-16(18(26)25(3)17(13)23-19)27-15-8-5-4-7-14(15)20;1-2-3-1/h4-5,7-8,11-12H,6,9-10H2,1-3H3,(H,21,22,23);1-3H2. The maximum absolute atomic E-state index is 13.8. The lowest BCUT2D eigenvalue weighted by molar-refractivity contribution is 0.405. The van der Waals surface area contributed by atoms with E-state index >= 15 is 0 Å². The van der Waals surface area contributed by atoms with E-state index < -0.39 is 11.4 Å². The zero-order chi connectivity index (χ0) is 21.5. The summed E-state index contributed by atoms with van der Waals surface area (Å²) in [6.45, 7) is 1.68. The molecule has 8 heteroatoms. The third-order valence-corrected chi connectivity index (χ3v) is 4.39. The number of nitrogens with zero attached hydrogens (tertiary/aromatic N) is 4. The van der Waals surface area contributed by atoms with Gasteiger partial charge in [-0.3, -0.25) is 9.36 Å². The van der Waals surface area contributed by atoms with Crippen LogP contribution in [0.4, 0.5) is 10.3 Å². The fraction of sp³-hybridized carbons (Fsp3) is 0.409. The Kier molecular flexibility index (Phi) is 7.35. The Morgan fingerprint density at radius 1 is 1.20 bits per heavy atom. The molecule has 30 heavy (non-hydrogen) atoms. The molecule has 1 fully saturated rings. The van der Waals surface area contributed by atoms with Gasteiger partial charge in [0.2, 0.25) is 5.95 Å². The minimum absolute atomic E-state index is 0.00551. The molecule has 0 atom stereocenters. The monoisotopic (exact) mass is 413 g/mol. The summed E-state index contributed by atoms with van der Waals surface area (Å²) in [6, 6.07) is 7.47. The molecule has 1 aromatic carbocycles. The molecule has 3 aromatic rings. The number of benzene rings is 1. The highest BCUT2D eigenvalue weighted by Gasteiger charge is 2.13. The van der Waals surface area contributed by atoms with Crippen LogP contribution in [0.5, 0.6) is 11.5 Å². The molecule has 160 valence electrons. The van der Waals surface area contributed by atoms with Crippen molar-refractivity contribution < 1.29 is 9.13 Å². The van der Waals surface area contributed by atoms with Crippen molar-refractivity contribution in [3.8, 4) is 11.5 Å². The first-order valence-electron chi connectivity index (χ1n) is 10.1. The average Bonchev–Trinajstić information content (AvgIpc) is 3.60. The third kappa shape index (κ3) is 6.00. The first-order valence-corrected chi connectivity index (χ1v) is 10.1. The van der Waals surface area contributed by atoms with E-state index in [0.717, 1.165) is 19.5 Å². The fourth-order valence-electron chi connectivity index (χ4n) is 2.62. The van der Waals surface area contributed by atoms with Crippen molar-refractivity contribution in [3.05, 3.63) is 52.7 Å². The molecule has 0 saturated heterocycles. The van der Waals surface area contributed by atoms with Crippen LogP contribution in [0, 0.1) is 5.82 Å². The average molecular weight is 413 g/mol. The number of ether oxygens (including phenoxy) is 1. The maximum Gasteiger partial charge on any atom is 0.294 e. The molecule has 2 heterocycles. The Hall–Kier alpha value is -3.00. The van der Waals surface area contributed by atoms with Gasteiger partial charge in [-0.1, -0.05) is 31.4 Å². The number of anilines is 1. The normalized spacial score (nSPS) is 12.4. The van der Waals surface area contributed by atoms with E-state index in [1.807, 2.05) is 14.1 Å². The Morgan fingerprint density at radius 3 is 2.60 bits per heavy atom. The summed E-state index contributed by atoms with van der Waals surface area (Å²) in [7, 11) is 5.63. The summed E-state index contributed by atoms with van der Waals surface area (Å²) in [5.74, 6) is -0.0633. The Balaban J connectivity index is 0.000000782. The molecule has 1 aliphatic rings. The molecule has 1 saturated carbocycles. The lowest BCUT2D eigenvalue weighted by atomic mass is 10.3. The molecule has 0 unspecified atom stereocenters. The highest BCUT2D eigenvalue weighted by molar-refractivity contribution is 5.76. The summed E-state index contributed by atoms with van der Waals surface area (Å²) >= 11 is 0. The van der Waals surface area contributed by atoms with Crippen molar-refractivity contribution in [3.63, 3.8) is 0 Å². The van der Waals surface area contributed by atoms with Crippen molar-refractivity contribution in [1.29, 1.82) is 0 Å². The molecule has 0 radical (unpaired) electrons. The van der Waals surface area contributed by atoms with Gasteiger partial charge in [0.1, 0.15) is 5.65 Å². The van der Waals surface area contributed by atoms with E-state index in [9.17, 15) is 9.18 Å². The molecule has 2 aromatic heterocycles. The van der Waals surface area contributed by atoms with E-state index in [-0.39, 0.29) is 11.5 Å². The minimum atomic E-state index is -0.534. The Labute approximate surface area is 175 Å². The molecule has 1 N–H and O–H groups in total. The zero-order valence-electron chi connectivity index (χ0n) is 17.7. The highest BCUT2D eigenvalue weighted by atomic mass is 19.1. The molecular formula is C22H28FN5O2. The number of hydrogen-bond donors (Lipinski definition) is 1. The van der Waals surface area contributed by atoms with Crippen molar-refractivity contribution in [2.45, 2.75) is 25.7 Å². The smallest absolute Gasteiger partial charge is 0.294 e. The van der Waals surface area contributed by atoms with Crippen LogP contribution in [0.2, 0.25) is 0 Å². The summed E-state index contributed by atoms with van der Waals surface area (Å²) in [5.41, 5.74) is 0.0778. The maximum atomic E-state index is 13.8. The molecule has 4 rings (SSSR count). The SMILES string of the molecule is C1CC1.CN(C)CCCNc1ncc2cc(Oc3ccccc3F)c(=O)n(C)c2n1. The largest absolute Gasteiger partial charge is 0.448 e. The van der Waals surface area contributed by atoms with Crippen molar-refractivity contribution >= 4 is 17.0 Å². The van der Waals surface area contributed by atoms with Gasteiger partial charge in [0.15, 0.2) is 17.3 Å². The molecule has 7 nitrogen and oxygen atoms in total. The molecule has 0 bridgehead atoms. The Morgan fingerprint density at radius 2 is 1.93 bits per heavy atom. The predicted octanol–water partition coefficient (Wildman–Crippen LogP) is 3.79. The summed E-state index contributed by atoms with van der Waals surface area (Å²) in [6.07, 6.45) is 7.06. The number of nitrogens with one attached hydrogen (secondary N) is 1. The lowest BCUT2D eigenvalue weighted by Gasteiger charge is -2.12. The van der Waals surface area contributed by atoms with E-state index in [1.165, 1.54) is 42.0 Å². The predicted molar refractivity (Wildman–Crippen MR) is 117 cm³/mol. The number of fused-ring (bicyclic) bond motifs is 1. The van der Waals surface area contributed by atoms with Crippen LogP contribution in [-0.2, 0) is 7.05 Å². The lowest BCUT2D eigenvalue weighted by Crippen LogP contribution is -2.20. The third-order valence-electron chi connectivity index (χ3n) is 4.39. The minimum Gasteiger partial charge on any atom is -0.448 e. The van der Waals surface area contributed by atoms with Crippen LogP contribution in [0.25, 0.3) is 11.0 Å². The molecular weight excluding hydrogens is 385 g/mol. The second-order valence-electron chi connectivity index (χ2n) is 7.52. The number of halogens is 1. The summed E-state index contributed by atoms with van der Waals surface area (Å²) < 4.78 is 20.7. The van der Waals surface area contributed by atoms with Gasteiger partial charge >= 0.3 is 0 Å². The van der Waals surface area contributed by atoms with Gasteiger partial charge in [-0.25, -0.2) is 9.37 Å². The number of hydrogen-bond acceptors (Lipinski definition) is 6. The molecule has 0 amide bonds. The van der Waals surface area contributed by atoms with Crippen molar-refractivity contribution in [1.82, 2.24) is 19.4 Å². The molecule has 0 aliphatic heterocycles. The van der Waals surface area contributed by atoms with Gasteiger partial charge in [-0.15, -0.1) is 0 Å². The van der Waals surface area contributed by atoms with E-state index in [0.29, 0.717) is 17.0 Å². The van der Waals surface area contributed by atoms with Crippen LogP contribution >= 0.6 is 0 Å². The fourth-order valence-corrected chi connectivity index (χ4v) is 2.62. The number of aromatic nitrogens is 3. The van der Waals surface area contributed by atoms with Crippen LogP contribution in [0.1, 0.15) is 25.7 Å². The van der Waals surface area contributed by atoms with Crippen LogP contribution in [-0.4, -0.2) is 46.6 Å². The van der Waals surface area contributed by atoms with Crippen molar-refractivity contribution in [2.75, 3.05) is 32.5 Å². The molecule has 1 aliphatic carbocycles. The topological polar surface area (TPSA) is 72.3 Å². The zero-order valence-corrected chi connectivity index (χ0v) is 17.7.